The smallest absolute Gasteiger partial charge is 0.406 e. The van der Waals surface area contributed by atoms with Crippen LogP contribution in [0, 0.1) is 5.92 Å². The number of benzene rings is 1. The van der Waals surface area contributed by atoms with E-state index in [0.29, 0.717) is 24.2 Å². The maximum absolute atomic E-state index is 12.1. The number of anilines is 1. The van der Waals surface area contributed by atoms with Crippen molar-refractivity contribution in [1.29, 1.82) is 0 Å². The predicted octanol–water partition coefficient (Wildman–Crippen LogP) is 3.43. The number of aliphatic imine (C=N–C) groups is 1. The van der Waals surface area contributed by atoms with Gasteiger partial charge in [0.25, 0.3) is 0 Å². The topological polar surface area (TPSA) is 62.9 Å². The van der Waals surface area contributed by atoms with Gasteiger partial charge in [-0.1, -0.05) is 0 Å². The number of nitrogens with two attached hydrogens (primary N) is 1. The minimum Gasteiger partial charge on any atom is -0.406 e. The molecule has 1 aromatic rings. The van der Waals surface area contributed by atoms with Crippen molar-refractivity contribution in [1.82, 2.24) is 4.90 Å². The van der Waals surface area contributed by atoms with Crippen molar-refractivity contribution in [2.45, 2.75) is 39.1 Å². The van der Waals surface area contributed by atoms with Crippen LogP contribution in [0.5, 0.6) is 5.75 Å². The molecule has 1 fully saturated rings. The lowest BCUT2D eigenvalue weighted by Gasteiger charge is -2.34. The lowest BCUT2D eigenvalue weighted by molar-refractivity contribution is -0.274. The number of likely N-dealkylation sites (tertiary alicyclic amines) is 1. The van der Waals surface area contributed by atoms with Crippen LogP contribution in [0.15, 0.2) is 29.3 Å². The zero-order valence-electron chi connectivity index (χ0n) is 14.5. The summed E-state index contributed by atoms with van der Waals surface area (Å²) in [4.78, 5) is 6.80. The Morgan fingerprint density at radius 1 is 1.36 bits per heavy atom. The molecule has 0 saturated carbocycles. The van der Waals surface area contributed by atoms with Gasteiger partial charge in [-0.05, 0) is 63.4 Å². The maximum Gasteiger partial charge on any atom is 0.573 e. The summed E-state index contributed by atoms with van der Waals surface area (Å²) in [6.07, 6.45) is -2.41. The monoisotopic (exact) mass is 358 g/mol. The van der Waals surface area contributed by atoms with Crippen molar-refractivity contribution in [3.63, 3.8) is 0 Å². The van der Waals surface area contributed by atoms with Crippen LogP contribution in [-0.2, 0) is 0 Å². The van der Waals surface area contributed by atoms with Gasteiger partial charge in [0, 0.05) is 24.8 Å². The Kier molecular flexibility index (Phi) is 6.52. The first-order chi connectivity index (χ1) is 11.7. The summed E-state index contributed by atoms with van der Waals surface area (Å²) in [5.74, 6) is 0.453. The van der Waals surface area contributed by atoms with E-state index in [-0.39, 0.29) is 11.7 Å². The lowest BCUT2D eigenvalue weighted by Crippen LogP contribution is -2.41. The zero-order chi connectivity index (χ0) is 18.4. The van der Waals surface area contributed by atoms with Gasteiger partial charge in [0.15, 0.2) is 5.96 Å². The first kappa shape index (κ1) is 19.4. The Morgan fingerprint density at radius 2 is 2.04 bits per heavy atom. The van der Waals surface area contributed by atoms with Gasteiger partial charge in [0.1, 0.15) is 5.75 Å². The minimum atomic E-state index is -4.70. The van der Waals surface area contributed by atoms with Gasteiger partial charge in [-0.25, -0.2) is 0 Å². The molecule has 1 atom stereocenters. The Bertz CT molecular complexity index is 572. The SMILES string of the molecule is CC(C)N1CCCC(CN=C(N)Nc2ccc(OC(F)(F)F)cc2)C1. The molecule has 0 aliphatic carbocycles. The molecule has 2 rings (SSSR count). The number of halogens is 3. The number of nitrogens with one attached hydrogen (secondary N) is 1. The normalized spacial score (nSPS) is 19.9. The van der Waals surface area contributed by atoms with Gasteiger partial charge < -0.3 is 20.7 Å². The summed E-state index contributed by atoms with van der Waals surface area (Å²) in [7, 11) is 0. The van der Waals surface area contributed by atoms with Gasteiger partial charge in [0.2, 0.25) is 0 Å². The molecule has 0 bridgehead atoms. The van der Waals surface area contributed by atoms with E-state index in [4.69, 9.17) is 5.73 Å². The molecule has 1 aliphatic heterocycles. The van der Waals surface area contributed by atoms with Crippen LogP contribution in [0.1, 0.15) is 26.7 Å². The standard InChI is InChI=1S/C17H25F3N4O/c1-12(2)24-9-3-4-13(11-24)10-22-16(21)23-14-5-7-15(8-6-14)25-17(18,19)20/h5-8,12-13H,3-4,9-11H2,1-2H3,(H3,21,22,23). The molecule has 0 amide bonds. The minimum absolute atomic E-state index is 0.256. The summed E-state index contributed by atoms with van der Waals surface area (Å²) < 4.78 is 40.2. The first-order valence-electron chi connectivity index (χ1n) is 8.40. The van der Waals surface area contributed by atoms with Crippen LogP contribution < -0.4 is 15.8 Å². The molecule has 0 aromatic heterocycles. The fourth-order valence-electron chi connectivity index (χ4n) is 2.87. The van der Waals surface area contributed by atoms with Crippen molar-refractivity contribution < 1.29 is 17.9 Å². The predicted molar refractivity (Wildman–Crippen MR) is 92.7 cm³/mol. The second-order valence-electron chi connectivity index (χ2n) is 6.52. The molecule has 0 spiro atoms. The van der Waals surface area contributed by atoms with Crippen LogP contribution in [0.2, 0.25) is 0 Å². The third kappa shape index (κ3) is 6.81. The molecular weight excluding hydrogens is 333 g/mol. The number of hydrogen-bond donors (Lipinski definition) is 2. The average molecular weight is 358 g/mol. The Balaban J connectivity index is 1.84. The van der Waals surface area contributed by atoms with Crippen molar-refractivity contribution in [2.75, 3.05) is 25.0 Å². The van der Waals surface area contributed by atoms with Crippen molar-refractivity contribution in [3.8, 4) is 5.75 Å². The number of nitrogens with zero attached hydrogens (tertiary/aromatic N) is 2. The molecule has 3 N–H and O–H groups in total. The van der Waals surface area contributed by atoms with Gasteiger partial charge >= 0.3 is 6.36 Å². The molecule has 1 saturated heterocycles. The summed E-state index contributed by atoms with van der Waals surface area (Å²) in [6.45, 7) is 7.15. The van der Waals surface area contributed by atoms with E-state index < -0.39 is 6.36 Å². The molecule has 1 unspecified atom stereocenters. The maximum atomic E-state index is 12.1. The van der Waals surface area contributed by atoms with Crippen LogP contribution in [0.4, 0.5) is 18.9 Å². The third-order valence-electron chi connectivity index (χ3n) is 4.16. The van der Waals surface area contributed by atoms with E-state index in [1.54, 1.807) is 0 Å². The average Bonchev–Trinajstić information content (AvgIpc) is 2.54. The van der Waals surface area contributed by atoms with Gasteiger partial charge in [-0.3, -0.25) is 4.99 Å². The summed E-state index contributed by atoms with van der Waals surface area (Å²) in [6, 6.07) is 5.91. The number of piperidine rings is 1. The van der Waals surface area contributed by atoms with E-state index in [0.717, 1.165) is 25.9 Å². The largest absolute Gasteiger partial charge is 0.573 e. The summed E-state index contributed by atoms with van der Waals surface area (Å²) in [5.41, 5.74) is 6.43. The van der Waals surface area contributed by atoms with E-state index in [1.807, 2.05) is 0 Å². The zero-order valence-corrected chi connectivity index (χ0v) is 14.5. The second-order valence-corrected chi connectivity index (χ2v) is 6.52. The van der Waals surface area contributed by atoms with E-state index >= 15 is 0 Å². The van der Waals surface area contributed by atoms with E-state index in [9.17, 15) is 13.2 Å². The molecule has 5 nitrogen and oxygen atoms in total. The number of alkyl halides is 3. The highest BCUT2D eigenvalue weighted by atomic mass is 19.4. The Hall–Kier alpha value is -1.96. The van der Waals surface area contributed by atoms with Crippen LogP contribution in [-0.4, -0.2) is 42.9 Å². The molecule has 1 aliphatic rings. The van der Waals surface area contributed by atoms with Gasteiger partial charge in [0.05, 0.1) is 0 Å². The Morgan fingerprint density at radius 3 is 2.64 bits per heavy atom. The molecule has 25 heavy (non-hydrogen) atoms. The number of rotatable bonds is 5. The fourth-order valence-corrected chi connectivity index (χ4v) is 2.87. The van der Waals surface area contributed by atoms with Crippen molar-refractivity contribution in [2.24, 2.45) is 16.6 Å². The Labute approximate surface area is 146 Å². The van der Waals surface area contributed by atoms with Crippen molar-refractivity contribution in [3.05, 3.63) is 24.3 Å². The lowest BCUT2D eigenvalue weighted by atomic mass is 9.97. The molecule has 140 valence electrons. The van der Waals surface area contributed by atoms with Crippen LogP contribution in [0.3, 0.4) is 0 Å². The quantitative estimate of drug-likeness (QED) is 0.625. The molecule has 1 aromatic carbocycles. The fraction of sp³-hybridized carbons (Fsp3) is 0.588. The van der Waals surface area contributed by atoms with Gasteiger partial charge in [-0.15, -0.1) is 13.2 Å². The summed E-state index contributed by atoms with van der Waals surface area (Å²) >= 11 is 0. The van der Waals surface area contributed by atoms with E-state index in [1.165, 1.54) is 24.3 Å². The first-order valence-corrected chi connectivity index (χ1v) is 8.40. The molecular formula is C17H25F3N4O. The molecule has 8 heteroatoms. The molecule has 1 heterocycles. The van der Waals surface area contributed by atoms with E-state index in [2.05, 4.69) is 33.8 Å². The highest BCUT2D eigenvalue weighted by molar-refractivity contribution is 5.92. The highest BCUT2D eigenvalue weighted by Crippen LogP contribution is 2.24. The number of ether oxygens (including phenoxy) is 1. The number of hydrogen-bond acceptors (Lipinski definition) is 3. The highest BCUT2D eigenvalue weighted by Gasteiger charge is 2.30. The molecule has 0 radical (unpaired) electrons. The van der Waals surface area contributed by atoms with Crippen molar-refractivity contribution >= 4 is 11.6 Å². The number of guanidine groups is 1. The van der Waals surface area contributed by atoms with Crippen LogP contribution >= 0.6 is 0 Å². The summed E-state index contributed by atoms with van der Waals surface area (Å²) in [5, 5.41) is 2.88. The third-order valence-corrected chi connectivity index (χ3v) is 4.16. The second kappa shape index (κ2) is 8.42. The van der Waals surface area contributed by atoms with Gasteiger partial charge in [-0.2, -0.15) is 0 Å². The van der Waals surface area contributed by atoms with Crippen LogP contribution in [0.25, 0.3) is 0 Å².